The summed E-state index contributed by atoms with van der Waals surface area (Å²) < 4.78 is 10.7. The van der Waals surface area contributed by atoms with Crippen LogP contribution in [0.25, 0.3) is 11.4 Å². The lowest BCUT2D eigenvalue weighted by atomic mass is 9.76. The van der Waals surface area contributed by atoms with Gasteiger partial charge >= 0.3 is 6.03 Å². The molecule has 8 nitrogen and oxygen atoms in total. The van der Waals surface area contributed by atoms with Gasteiger partial charge in [-0.05, 0) is 50.5 Å². The summed E-state index contributed by atoms with van der Waals surface area (Å²) in [5, 5.41) is 7.15. The highest BCUT2D eigenvalue weighted by atomic mass is 16.5. The number of aromatic nitrogens is 2. The second-order valence-corrected chi connectivity index (χ2v) is 8.37. The Bertz CT molecular complexity index is 1140. The maximum Gasteiger partial charge on any atom is 0.328 e. The molecule has 2 aliphatic rings. The van der Waals surface area contributed by atoms with Crippen LogP contribution in [0.4, 0.5) is 10.5 Å². The Morgan fingerprint density at radius 1 is 1.06 bits per heavy atom. The topological polar surface area (TPSA) is 97.6 Å². The van der Waals surface area contributed by atoms with E-state index in [1.807, 2.05) is 31.2 Å². The first-order valence-corrected chi connectivity index (χ1v) is 10.7. The molecular formula is C24H24N4O4. The van der Waals surface area contributed by atoms with Crippen molar-refractivity contribution in [2.75, 3.05) is 12.0 Å². The number of aryl methyl sites for hydroxylation is 1. The van der Waals surface area contributed by atoms with E-state index >= 15 is 0 Å². The molecular weight excluding hydrogens is 408 g/mol. The van der Waals surface area contributed by atoms with Crippen LogP contribution >= 0.6 is 0 Å². The van der Waals surface area contributed by atoms with Crippen molar-refractivity contribution in [3.8, 4) is 17.1 Å². The van der Waals surface area contributed by atoms with Gasteiger partial charge in [0.05, 0.1) is 18.7 Å². The molecule has 164 valence electrons. The van der Waals surface area contributed by atoms with Crippen LogP contribution in [0.2, 0.25) is 0 Å². The summed E-state index contributed by atoms with van der Waals surface area (Å²) in [5.41, 5.74) is 2.60. The van der Waals surface area contributed by atoms with E-state index in [9.17, 15) is 9.59 Å². The lowest BCUT2D eigenvalue weighted by molar-refractivity contribution is -0.124. The van der Waals surface area contributed by atoms with Gasteiger partial charge in [-0.2, -0.15) is 4.98 Å². The molecule has 1 saturated carbocycles. The molecule has 3 aromatic rings. The molecule has 1 N–H and O–H groups in total. The molecule has 2 heterocycles. The Balaban J connectivity index is 1.31. The first kappa shape index (κ1) is 20.2. The largest absolute Gasteiger partial charge is 0.497 e. The number of amides is 3. The number of nitrogens with zero attached hydrogens (tertiary/aromatic N) is 3. The predicted octanol–water partition coefficient (Wildman–Crippen LogP) is 4.06. The van der Waals surface area contributed by atoms with E-state index in [2.05, 4.69) is 15.5 Å². The molecule has 2 fully saturated rings. The maximum atomic E-state index is 13.2. The van der Waals surface area contributed by atoms with Gasteiger partial charge in [0, 0.05) is 17.5 Å². The first-order valence-electron chi connectivity index (χ1n) is 10.7. The molecule has 1 aromatic heterocycles. The Morgan fingerprint density at radius 3 is 2.53 bits per heavy atom. The quantitative estimate of drug-likeness (QED) is 0.668. The Labute approximate surface area is 185 Å². The van der Waals surface area contributed by atoms with Gasteiger partial charge < -0.3 is 14.6 Å². The number of carbonyl (C=O) groups excluding carboxylic acids is 2. The van der Waals surface area contributed by atoms with Gasteiger partial charge in [0.1, 0.15) is 5.75 Å². The minimum absolute atomic E-state index is 0.00332. The molecule has 1 saturated heterocycles. The van der Waals surface area contributed by atoms with Gasteiger partial charge in [-0.25, -0.2) is 9.69 Å². The number of anilines is 1. The SMILES string of the molecule is COc1ccc(N2C(=O)NC3CC(c4nc(-c5ccc(C)cc5)no4)CCC3C2=O)cc1. The third-order valence-corrected chi connectivity index (χ3v) is 6.33. The zero-order valence-electron chi connectivity index (χ0n) is 17.9. The highest BCUT2D eigenvalue weighted by molar-refractivity contribution is 6.17. The fourth-order valence-corrected chi connectivity index (χ4v) is 4.54. The van der Waals surface area contributed by atoms with Crippen molar-refractivity contribution >= 4 is 17.6 Å². The summed E-state index contributed by atoms with van der Waals surface area (Å²) in [6.45, 7) is 2.03. The van der Waals surface area contributed by atoms with Crippen LogP contribution in [-0.4, -0.2) is 35.2 Å². The number of methoxy groups -OCH3 is 1. The van der Waals surface area contributed by atoms with E-state index in [4.69, 9.17) is 9.26 Å². The number of hydrogen-bond donors (Lipinski definition) is 1. The second-order valence-electron chi connectivity index (χ2n) is 8.37. The molecule has 3 unspecified atom stereocenters. The number of hydrogen-bond acceptors (Lipinski definition) is 6. The third kappa shape index (κ3) is 3.62. The van der Waals surface area contributed by atoms with Gasteiger partial charge in [-0.1, -0.05) is 35.0 Å². The van der Waals surface area contributed by atoms with Crippen LogP contribution in [0.5, 0.6) is 5.75 Å². The molecule has 3 amide bonds. The van der Waals surface area contributed by atoms with E-state index in [-0.39, 0.29) is 23.8 Å². The standard InChI is InChI=1S/C24H24N4O4/c1-14-3-5-15(6-4-14)21-26-22(32-27-21)16-7-12-19-20(13-16)25-24(30)28(23(19)29)17-8-10-18(31-2)11-9-17/h3-6,8-11,16,19-20H,7,12-13H2,1-2H3,(H,25,30). The molecule has 1 aliphatic carbocycles. The van der Waals surface area contributed by atoms with Gasteiger partial charge in [0.2, 0.25) is 17.6 Å². The van der Waals surface area contributed by atoms with Crippen molar-refractivity contribution in [2.24, 2.45) is 5.92 Å². The fraction of sp³-hybridized carbons (Fsp3) is 0.333. The Kier molecular flexibility index (Phi) is 5.13. The van der Waals surface area contributed by atoms with E-state index in [0.29, 0.717) is 36.0 Å². The van der Waals surface area contributed by atoms with Gasteiger partial charge in [0.15, 0.2) is 0 Å². The van der Waals surface area contributed by atoms with Gasteiger partial charge in [0.25, 0.3) is 0 Å². The van der Waals surface area contributed by atoms with E-state index in [0.717, 1.165) is 17.5 Å². The monoisotopic (exact) mass is 432 g/mol. The van der Waals surface area contributed by atoms with Gasteiger partial charge in [-0.15, -0.1) is 0 Å². The summed E-state index contributed by atoms with van der Waals surface area (Å²) in [5.74, 6) is 1.33. The smallest absolute Gasteiger partial charge is 0.328 e. The number of imide groups is 1. The summed E-state index contributed by atoms with van der Waals surface area (Å²) in [6.07, 6.45) is 1.98. The minimum atomic E-state index is -0.409. The zero-order valence-corrected chi connectivity index (χ0v) is 17.9. The summed E-state index contributed by atoms with van der Waals surface area (Å²) in [6, 6.07) is 14.2. The average Bonchev–Trinajstić information content (AvgIpc) is 3.30. The van der Waals surface area contributed by atoms with Crippen molar-refractivity contribution in [1.82, 2.24) is 15.5 Å². The van der Waals surface area contributed by atoms with Crippen molar-refractivity contribution < 1.29 is 18.8 Å². The van der Waals surface area contributed by atoms with Gasteiger partial charge in [-0.3, -0.25) is 4.79 Å². The van der Waals surface area contributed by atoms with Crippen molar-refractivity contribution in [1.29, 1.82) is 0 Å². The molecule has 2 aromatic carbocycles. The van der Waals surface area contributed by atoms with Crippen molar-refractivity contribution in [2.45, 2.75) is 38.1 Å². The summed E-state index contributed by atoms with van der Waals surface area (Å²) in [7, 11) is 1.57. The minimum Gasteiger partial charge on any atom is -0.497 e. The number of carbonyl (C=O) groups is 2. The third-order valence-electron chi connectivity index (χ3n) is 6.33. The van der Waals surface area contributed by atoms with Crippen LogP contribution < -0.4 is 15.0 Å². The van der Waals surface area contributed by atoms with Crippen LogP contribution in [0.15, 0.2) is 53.1 Å². The second kappa shape index (κ2) is 8.11. The van der Waals surface area contributed by atoms with Crippen LogP contribution in [0.3, 0.4) is 0 Å². The molecule has 5 rings (SSSR count). The molecule has 3 atom stereocenters. The maximum absolute atomic E-state index is 13.2. The first-order chi connectivity index (χ1) is 15.5. The Hall–Kier alpha value is -3.68. The number of rotatable bonds is 4. The number of benzene rings is 2. The lowest BCUT2D eigenvalue weighted by Crippen LogP contribution is -2.61. The highest BCUT2D eigenvalue weighted by Gasteiger charge is 2.45. The van der Waals surface area contributed by atoms with Crippen molar-refractivity contribution in [3.05, 3.63) is 60.0 Å². The van der Waals surface area contributed by atoms with Crippen molar-refractivity contribution in [3.63, 3.8) is 0 Å². The average molecular weight is 432 g/mol. The predicted molar refractivity (Wildman–Crippen MR) is 117 cm³/mol. The van der Waals surface area contributed by atoms with Crippen LogP contribution in [0.1, 0.15) is 36.6 Å². The highest BCUT2D eigenvalue weighted by Crippen LogP contribution is 2.39. The fourth-order valence-electron chi connectivity index (χ4n) is 4.54. The summed E-state index contributed by atoms with van der Waals surface area (Å²) >= 11 is 0. The Morgan fingerprint density at radius 2 is 1.81 bits per heavy atom. The van der Waals surface area contributed by atoms with E-state index in [1.165, 1.54) is 4.90 Å². The molecule has 0 spiro atoms. The van der Waals surface area contributed by atoms with Crippen LogP contribution in [-0.2, 0) is 4.79 Å². The van der Waals surface area contributed by atoms with E-state index < -0.39 is 6.03 Å². The molecule has 32 heavy (non-hydrogen) atoms. The van der Waals surface area contributed by atoms with E-state index in [1.54, 1.807) is 31.4 Å². The lowest BCUT2D eigenvalue weighted by Gasteiger charge is -2.41. The normalized spacial score (nSPS) is 22.9. The molecule has 8 heteroatoms. The molecule has 1 aliphatic heterocycles. The molecule has 0 bridgehead atoms. The number of ether oxygens (including phenoxy) is 1. The zero-order chi connectivity index (χ0) is 22.2. The summed E-state index contributed by atoms with van der Waals surface area (Å²) in [4.78, 5) is 31.8. The number of nitrogens with one attached hydrogen (secondary N) is 1. The number of fused-ring (bicyclic) bond motifs is 1. The number of urea groups is 1. The molecule has 0 radical (unpaired) electrons. The van der Waals surface area contributed by atoms with Crippen LogP contribution in [0, 0.1) is 12.8 Å².